The first-order valence-electron chi connectivity index (χ1n) is 6.42. The summed E-state index contributed by atoms with van der Waals surface area (Å²) in [6.45, 7) is 8.28. The molecule has 2 unspecified atom stereocenters. The second-order valence-electron chi connectivity index (χ2n) is 6.01. The molecule has 112 valence electrons. The number of ether oxygens (including phenoxy) is 1. The van der Waals surface area contributed by atoms with Crippen molar-refractivity contribution in [3.05, 3.63) is 0 Å². The van der Waals surface area contributed by atoms with Crippen molar-refractivity contribution in [2.24, 2.45) is 11.3 Å². The van der Waals surface area contributed by atoms with E-state index in [9.17, 15) is 9.59 Å². The number of amides is 2. The molecule has 0 saturated carbocycles. The van der Waals surface area contributed by atoms with Crippen molar-refractivity contribution in [3.8, 4) is 0 Å². The summed E-state index contributed by atoms with van der Waals surface area (Å²) in [5, 5.41) is 14.4. The normalized spacial score (nSPS) is 14.6. The van der Waals surface area contributed by atoms with Crippen molar-refractivity contribution in [1.29, 1.82) is 0 Å². The van der Waals surface area contributed by atoms with Crippen molar-refractivity contribution in [2.75, 3.05) is 20.3 Å². The predicted molar refractivity (Wildman–Crippen MR) is 73.1 cm³/mol. The van der Waals surface area contributed by atoms with Crippen LogP contribution in [0.4, 0.5) is 4.79 Å². The molecule has 0 rings (SSSR count). The van der Waals surface area contributed by atoms with Crippen LogP contribution in [0.25, 0.3) is 0 Å². The van der Waals surface area contributed by atoms with E-state index in [1.807, 2.05) is 27.7 Å². The predicted octanol–water partition coefficient (Wildman–Crippen LogP) is 1.46. The van der Waals surface area contributed by atoms with Crippen molar-refractivity contribution < 1.29 is 19.4 Å². The Balaban J connectivity index is 4.18. The van der Waals surface area contributed by atoms with Crippen molar-refractivity contribution in [1.82, 2.24) is 10.6 Å². The number of urea groups is 1. The minimum Gasteiger partial charge on any atom is -0.481 e. The highest BCUT2D eigenvalue weighted by Crippen LogP contribution is 2.24. The van der Waals surface area contributed by atoms with Gasteiger partial charge in [-0.15, -0.1) is 0 Å². The van der Waals surface area contributed by atoms with Crippen LogP contribution in [-0.4, -0.2) is 43.4 Å². The Labute approximate surface area is 114 Å². The fourth-order valence-corrected chi connectivity index (χ4v) is 1.77. The molecule has 0 bridgehead atoms. The Hall–Kier alpha value is -1.30. The number of carbonyl (C=O) groups excluding carboxylic acids is 1. The van der Waals surface area contributed by atoms with Crippen LogP contribution in [0.2, 0.25) is 0 Å². The maximum Gasteiger partial charge on any atom is 0.315 e. The number of methoxy groups -OCH3 is 1. The third-order valence-corrected chi connectivity index (χ3v) is 2.51. The zero-order valence-electron chi connectivity index (χ0n) is 12.4. The quantitative estimate of drug-likeness (QED) is 0.656. The average Bonchev–Trinajstić information content (AvgIpc) is 2.22. The maximum absolute atomic E-state index is 11.6. The van der Waals surface area contributed by atoms with Gasteiger partial charge < -0.3 is 20.5 Å². The zero-order valence-corrected chi connectivity index (χ0v) is 12.4. The molecule has 19 heavy (non-hydrogen) atoms. The minimum absolute atomic E-state index is 0.0927. The van der Waals surface area contributed by atoms with E-state index >= 15 is 0 Å². The summed E-state index contributed by atoms with van der Waals surface area (Å²) in [5.74, 6) is -1.47. The molecule has 0 aromatic heterocycles. The van der Waals surface area contributed by atoms with Gasteiger partial charge in [-0.3, -0.25) is 4.79 Å². The minimum atomic E-state index is -0.889. The van der Waals surface area contributed by atoms with Crippen LogP contribution in [0.1, 0.15) is 34.1 Å². The van der Waals surface area contributed by atoms with E-state index in [0.29, 0.717) is 13.0 Å². The fourth-order valence-electron chi connectivity index (χ4n) is 1.77. The standard InChI is InChI=1S/C13H26N2O4/c1-9(8-19-5)15-12(18)14-7-10(11(16)17)6-13(2,3)4/h9-10H,6-8H2,1-5H3,(H,16,17)(H2,14,15,18). The third kappa shape index (κ3) is 9.30. The highest BCUT2D eigenvalue weighted by molar-refractivity contribution is 5.76. The van der Waals surface area contributed by atoms with E-state index in [2.05, 4.69) is 10.6 Å². The number of carboxylic acid groups (broad SMARTS) is 1. The molecule has 0 saturated heterocycles. The van der Waals surface area contributed by atoms with Crippen LogP contribution in [0.5, 0.6) is 0 Å². The van der Waals surface area contributed by atoms with Gasteiger partial charge in [-0.05, 0) is 18.8 Å². The molecular formula is C13H26N2O4. The molecule has 3 N–H and O–H groups in total. The van der Waals surface area contributed by atoms with Gasteiger partial charge in [-0.2, -0.15) is 0 Å². The van der Waals surface area contributed by atoms with Gasteiger partial charge >= 0.3 is 12.0 Å². The lowest BCUT2D eigenvalue weighted by Gasteiger charge is -2.23. The van der Waals surface area contributed by atoms with E-state index in [1.165, 1.54) is 0 Å². The van der Waals surface area contributed by atoms with Gasteiger partial charge in [0.05, 0.1) is 18.6 Å². The highest BCUT2D eigenvalue weighted by atomic mass is 16.5. The summed E-state index contributed by atoms with van der Waals surface area (Å²) >= 11 is 0. The monoisotopic (exact) mass is 274 g/mol. The Morgan fingerprint density at radius 1 is 1.32 bits per heavy atom. The average molecular weight is 274 g/mol. The molecule has 0 aromatic rings. The first kappa shape index (κ1) is 17.7. The van der Waals surface area contributed by atoms with Crippen molar-refractivity contribution >= 4 is 12.0 Å². The Morgan fingerprint density at radius 3 is 2.32 bits per heavy atom. The summed E-state index contributed by atoms with van der Waals surface area (Å²) in [4.78, 5) is 22.7. The van der Waals surface area contributed by atoms with Gasteiger partial charge in [-0.1, -0.05) is 20.8 Å². The molecule has 6 nitrogen and oxygen atoms in total. The molecule has 0 spiro atoms. The summed E-state index contributed by atoms with van der Waals surface area (Å²) in [6.07, 6.45) is 0.510. The van der Waals surface area contributed by atoms with Crippen molar-refractivity contribution in [2.45, 2.75) is 40.2 Å². The smallest absolute Gasteiger partial charge is 0.315 e. The molecule has 0 heterocycles. The van der Waals surface area contributed by atoms with Crippen LogP contribution < -0.4 is 10.6 Å². The molecule has 6 heteroatoms. The van der Waals surface area contributed by atoms with Gasteiger partial charge in [0.15, 0.2) is 0 Å². The fraction of sp³-hybridized carbons (Fsp3) is 0.846. The molecule has 0 aliphatic heterocycles. The molecular weight excluding hydrogens is 248 g/mol. The number of rotatable bonds is 7. The lowest BCUT2D eigenvalue weighted by Crippen LogP contribution is -2.45. The van der Waals surface area contributed by atoms with Gasteiger partial charge in [0, 0.05) is 13.7 Å². The summed E-state index contributed by atoms with van der Waals surface area (Å²) in [7, 11) is 1.56. The molecule has 2 atom stereocenters. The molecule has 0 aliphatic rings. The van der Waals surface area contributed by atoms with Crippen LogP contribution >= 0.6 is 0 Å². The highest BCUT2D eigenvalue weighted by Gasteiger charge is 2.25. The van der Waals surface area contributed by atoms with Crippen LogP contribution in [0.15, 0.2) is 0 Å². The van der Waals surface area contributed by atoms with E-state index in [0.717, 1.165) is 0 Å². The zero-order chi connectivity index (χ0) is 15.1. The van der Waals surface area contributed by atoms with Gasteiger partial charge in [-0.25, -0.2) is 4.79 Å². The van der Waals surface area contributed by atoms with E-state index < -0.39 is 11.9 Å². The first-order chi connectivity index (χ1) is 8.65. The van der Waals surface area contributed by atoms with E-state index in [4.69, 9.17) is 9.84 Å². The van der Waals surface area contributed by atoms with E-state index in [-0.39, 0.29) is 24.0 Å². The van der Waals surface area contributed by atoms with Gasteiger partial charge in [0.2, 0.25) is 0 Å². The summed E-state index contributed by atoms with van der Waals surface area (Å²) in [6, 6.07) is -0.486. The second-order valence-corrected chi connectivity index (χ2v) is 6.01. The van der Waals surface area contributed by atoms with Crippen LogP contribution in [-0.2, 0) is 9.53 Å². The van der Waals surface area contributed by atoms with Gasteiger partial charge in [0.1, 0.15) is 0 Å². The second kappa shape index (κ2) is 7.99. The Bertz CT molecular complexity index is 300. The molecule has 0 radical (unpaired) electrons. The number of hydrogen-bond acceptors (Lipinski definition) is 3. The van der Waals surface area contributed by atoms with Gasteiger partial charge in [0.25, 0.3) is 0 Å². The Kier molecular flexibility index (Phi) is 7.44. The lowest BCUT2D eigenvalue weighted by molar-refractivity contribution is -0.142. The first-order valence-corrected chi connectivity index (χ1v) is 6.42. The molecule has 0 aromatic carbocycles. The van der Waals surface area contributed by atoms with Crippen LogP contribution in [0, 0.1) is 11.3 Å². The molecule has 2 amide bonds. The maximum atomic E-state index is 11.6. The number of aliphatic carboxylic acids is 1. The third-order valence-electron chi connectivity index (χ3n) is 2.51. The summed E-state index contributed by atoms with van der Waals surface area (Å²) in [5.41, 5.74) is -0.0927. The van der Waals surface area contributed by atoms with Crippen LogP contribution in [0.3, 0.4) is 0 Å². The number of hydrogen-bond donors (Lipinski definition) is 3. The molecule has 0 fully saturated rings. The summed E-state index contributed by atoms with van der Waals surface area (Å²) < 4.78 is 4.90. The SMILES string of the molecule is COCC(C)NC(=O)NCC(CC(C)(C)C)C(=O)O. The largest absolute Gasteiger partial charge is 0.481 e. The number of carboxylic acids is 1. The number of carbonyl (C=O) groups is 2. The van der Waals surface area contributed by atoms with Crippen molar-refractivity contribution in [3.63, 3.8) is 0 Å². The topological polar surface area (TPSA) is 87.7 Å². The lowest BCUT2D eigenvalue weighted by atomic mass is 9.84. The van der Waals surface area contributed by atoms with E-state index in [1.54, 1.807) is 7.11 Å². The molecule has 0 aliphatic carbocycles. The number of nitrogens with one attached hydrogen (secondary N) is 2. The Morgan fingerprint density at radius 2 is 1.89 bits per heavy atom.